The van der Waals surface area contributed by atoms with Gasteiger partial charge in [-0.05, 0) is 23.3 Å². The molecule has 6 heteroatoms. The summed E-state index contributed by atoms with van der Waals surface area (Å²) in [6.07, 6.45) is 2.14. The monoisotopic (exact) mass is 422 g/mol. The van der Waals surface area contributed by atoms with Crippen molar-refractivity contribution >= 4 is 11.8 Å². The van der Waals surface area contributed by atoms with Crippen molar-refractivity contribution in [3.8, 4) is 16.9 Å². The maximum atomic E-state index is 13.8. The van der Waals surface area contributed by atoms with Crippen LogP contribution in [-0.4, -0.2) is 32.5 Å². The molecule has 0 aliphatic carbocycles. The molecule has 2 amide bonds. The molecule has 0 bridgehead atoms. The van der Waals surface area contributed by atoms with E-state index in [0.29, 0.717) is 24.2 Å². The summed E-state index contributed by atoms with van der Waals surface area (Å²) in [6.45, 7) is 0.327. The molecule has 1 aliphatic heterocycles. The number of nitrogens with zero attached hydrogens (tertiary/aromatic N) is 3. The van der Waals surface area contributed by atoms with Crippen molar-refractivity contribution in [1.82, 2.24) is 14.7 Å². The number of carbonyl (C=O) groups is 2. The van der Waals surface area contributed by atoms with E-state index < -0.39 is 11.9 Å². The largest absolute Gasteiger partial charge is 0.368 e. The molecule has 3 aromatic carbocycles. The molecular weight excluding hydrogens is 400 g/mol. The molecular formula is C26H22N4O2. The predicted octanol–water partition coefficient (Wildman–Crippen LogP) is 3.59. The van der Waals surface area contributed by atoms with Crippen LogP contribution < -0.4 is 5.73 Å². The number of hydrogen-bond acceptors (Lipinski definition) is 3. The first-order valence-corrected chi connectivity index (χ1v) is 10.5. The number of amides is 2. The first-order chi connectivity index (χ1) is 15.6. The van der Waals surface area contributed by atoms with Gasteiger partial charge in [-0.3, -0.25) is 9.59 Å². The lowest BCUT2D eigenvalue weighted by Crippen LogP contribution is -2.51. The number of fused-ring (bicyclic) bond motifs is 1. The number of aromatic nitrogens is 2. The number of para-hydroxylation sites is 1. The summed E-state index contributed by atoms with van der Waals surface area (Å²) in [5, 5.41) is 4.73. The molecule has 5 rings (SSSR count). The van der Waals surface area contributed by atoms with Crippen LogP contribution in [0.15, 0.2) is 91.1 Å². The molecule has 6 nitrogen and oxygen atoms in total. The molecule has 2 N–H and O–H groups in total. The molecule has 0 saturated carbocycles. The summed E-state index contributed by atoms with van der Waals surface area (Å²) in [6, 6.07) is 26.4. The van der Waals surface area contributed by atoms with Crippen LogP contribution in [0.4, 0.5) is 0 Å². The molecule has 0 fully saturated rings. The van der Waals surface area contributed by atoms with Gasteiger partial charge in [0.2, 0.25) is 5.91 Å². The van der Waals surface area contributed by atoms with Gasteiger partial charge in [-0.15, -0.1) is 0 Å². The Morgan fingerprint density at radius 3 is 2.16 bits per heavy atom. The number of carbonyl (C=O) groups excluding carboxylic acids is 2. The zero-order valence-corrected chi connectivity index (χ0v) is 17.4. The van der Waals surface area contributed by atoms with Gasteiger partial charge >= 0.3 is 0 Å². The lowest BCUT2D eigenvalue weighted by Gasteiger charge is -2.35. The van der Waals surface area contributed by atoms with Gasteiger partial charge in [-0.25, -0.2) is 4.68 Å². The van der Waals surface area contributed by atoms with Crippen LogP contribution >= 0.6 is 0 Å². The maximum Gasteiger partial charge on any atom is 0.258 e. The Kier molecular flexibility index (Phi) is 5.03. The van der Waals surface area contributed by atoms with Gasteiger partial charge in [0.05, 0.1) is 11.3 Å². The van der Waals surface area contributed by atoms with Crippen LogP contribution in [0.1, 0.15) is 21.5 Å². The molecule has 0 spiro atoms. The minimum atomic E-state index is -0.707. The van der Waals surface area contributed by atoms with Gasteiger partial charge < -0.3 is 10.6 Å². The lowest BCUT2D eigenvalue weighted by molar-refractivity contribution is -0.122. The van der Waals surface area contributed by atoms with Gasteiger partial charge in [-0.1, -0.05) is 72.8 Å². The number of benzene rings is 3. The summed E-state index contributed by atoms with van der Waals surface area (Å²) in [5.41, 5.74) is 10.5. The average molecular weight is 422 g/mol. The van der Waals surface area contributed by atoms with E-state index >= 15 is 0 Å². The minimum absolute atomic E-state index is 0.260. The fourth-order valence-corrected chi connectivity index (χ4v) is 4.20. The van der Waals surface area contributed by atoms with Crippen LogP contribution in [0.2, 0.25) is 0 Å². The van der Waals surface area contributed by atoms with Crippen molar-refractivity contribution in [2.75, 3.05) is 0 Å². The average Bonchev–Trinajstić information content (AvgIpc) is 3.29. The smallest absolute Gasteiger partial charge is 0.258 e. The van der Waals surface area contributed by atoms with Crippen LogP contribution in [0.3, 0.4) is 0 Å². The highest BCUT2D eigenvalue weighted by atomic mass is 16.2. The molecule has 1 aromatic heterocycles. The van der Waals surface area contributed by atoms with Crippen LogP contribution in [0, 0.1) is 0 Å². The second-order valence-electron chi connectivity index (χ2n) is 7.86. The third-order valence-electron chi connectivity index (χ3n) is 5.85. The Hall–Kier alpha value is -4.19. The van der Waals surface area contributed by atoms with Crippen molar-refractivity contribution in [2.45, 2.75) is 19.0 Å². The van der Waals surface area contributed by atoms with Gasteiger partial charge in [0.1, 0.15) is 11.7 Å². The van der Waals surface area contributed by atoms with Crippen molar-refractivity contribution in [3.63, 3.8) is 0 Å². The van der Waals surface area contributed by atoms with Crippen LogP contribution in [-0.2, 0) is 17.8 Å². The summed E-state index contributed by atoms with van der Waals surface area (Å²) in [7, 11) is 0. The van der Waals surface area contributed by atoms with Gasteiger partial charge in [0.15, 0.2) is 0 Å². The van der Waals surface area contributed by atoms with Gasteiger partial charge in [0, 0.05) is 24.7 Å². The number of rotatable bonds is 4. The highest BCUT2D eigenvalue weighted by Gasteiger charge is 2.35. The van der Waals surface area contributed by atoms with Crippen LogP contribution in [0.25, 0.3) is 16.9 Å². The molecule has 1 atom stereocenters. The Morgan fingerprint density at radius 2 is 1.47 bits per heavy atom. The summed E-state index contributed by atoms with van der Waals surface area (Å²) < 4.78 is 1.70. The van der Waals surface area contributed by atoms with E-state index in [1.165, 1.54) is 0 Å². The van der Waals surface area contributed by atoms with E-state index in [1.54, 1.807) is 15.8 Å². The molecule has 158 valence electrons. The fraction of sp³-hybridized carbons (Fsp3) is 0.115. The quantitative estimate of drug-likeness (QED) is 0.546. The molecule has 0 radical (unpaired) electrons. The zero-order valence-electron chi connectivity index (χ0n) is 17.4. The highest BCUT2D eigenvalue weighted by molar-refractivity contribution is 6.02. The minimum Gasteiger partial charge on any atom is -0.368 e. The molecule has 0 unspecified atom stereocenters. The summed E-state index contributed by atoms with van der Waals surface area (Å²) in [4.78, 5) is 27.7. The molecule has 2 heterocycles. The van der Waals surface area contributed by atoms with E-state index in [0.717, 1.165) is 22.4 Å². The van der Waals surface area contributed by atoms with Crippen molar-refractivity contribution in [1.29, 1.82) is 0 Å². The van der Waals surface area contributed by atoms with Crippen LogP contribution in [0.5, 0.6) is 0 Å². The SMILES string of the molecule is NC(=O)[C@H]1Cc2ccccc2CN1C(=O)c1cn(-c2ccccc2)nc1-c1ccccc1. The summed E-state index contributed by atoms with van der Waals surface area (Å²) >= 11 is 0. The number of nitrogens with two attached hydrogens (primary N) is 1. The number of hydrogen-bond donors (Lipinski definition) is 1. The van der Waals surface area contributed by atoms with E-state index in [1.807, 2.05) is 84.9 Å². The van der Waals surface area contributed by atoms with E-state index in [2.05, 4.69) is 0 Å². The van der Waals surface area contributed by atoms with Gasteiger partial charge in [0.25, 0.3) is 5.91 Å². The Balaban J connectivity index is 1.61. The zero-order chi connectivity index (χ0) is 22.1. The van der Waals surface area contributed by atoms with Gasteiger partial charge in [-0.2, -0.15) is 5.10 Å². The molecule has 32 heavy (non-hydrogen) atoms. The second kappa shape index (κ2) is 8.15. The Morgan fingerprint density at radius 1 is 0.844 bits per heavy atom. The second-order valence-corrected chi connectivity index (χ2v) is 7.86. The predicted molar refractivity (Wildman–Crippen MR) is 122 cm³/mol. The molecule has 4 aromatic rings. The standard InChI is InChI=1S/C26H22N4O2/c27-25(31)23-15-19-11-7-8-12-20(19)16-29(23)26(32)22-17-30(21-13-5-2-6-14-21)28-24(22)18-9-3-1-4-10-18/h1-14,17,23H,15-16H2,(H2,27,31)/t23-/m1/s1. The third-order valence-corrected chi connectivity index (χ3v) is 5.85. The Labute approximate surface area is 185 Å². The van der Waals surface area contributed by atoms with E-state index in [9.17, 15) is 9.59 Å². The highest BCUT2D eigenvalue weighted by Crippen LogP contribution is 2.29. The van der Waals surface area contributed by atoms with Crippen molar-refractivity contribution in [2.24, 2.45) is 5.73 Å². The molecule has 0 saturated heterocycles. The third kappa shape index (κ3) is 3.56. The van der Waals surface area contributed by atoms with Crippen molar-refractivity contribution < 1.29 is 9.59 Å². The normalized spacial score (nSPS) is 15.2. The maximum absolute atomic E-state index is 13.8. The fourth-order valence-electron chi connectivity index (χ4n) is 4.20. The molecule has 1 aliphatic rings. The van der Waals surface area contributed by atoms with Crippen molar-refractivity contribution in [3.05, 3.63) is 108 Å². The topological polar surface area (TPSA) is 81.2 Å². The first-order valence-electron chi connectivity index (χ1n) is 10.5. The summed E-state index contributed by atoms with van der Waals surface area (Å²) in [5.74, 6) is -0.770. The number of primary amides is 1. The van der Waals surface area contributed by atoms with E-state index in [-0.39, 0.29) is 5.91 Å². The Bertz CT molecular complexity index is 1280. The first kappa shape index (κ1) is 19.8. The lowest BCUT2D eigenvalue weighted by atomic mass is 9.92. The van der Waals surface area contributed by atoms with E-state index in [4.69, 9.17) is 10.8 Å².